The first kappa shape index (κ1) is 18.3. The molecule has 1 aromatic carbocycles. The van der Waals surface area contributed by atoms with Crippen LogP contribution in [0, 0.1) is 11.7 Å². The van der Waals surface area contributed by atoms with Gasteiger partial charge in [-0.15, -0.1) is 11.6 Å². The number of pyridine rings is 1. The summed E-state index contributed by atoms with van der Waals surface area (Å²) in [5.41, 5.74) is 0.447. The van der Waals surface area contributed by atoms with Gasteiger partial charge in [0.1, 0.15) is 17.7 Å². The van der Waals surface area contributed by atoms with Crippen molar-refractivity contribution in [1.82, 2.24) is 4.98 Å². The Morgan fingerprint density at radius 1 is 1.10 bits per heavy atom. The molecule has 1 fully saturated rings. The number of benzene rings is 1. The minimum Gasteiger partial charge on any atom is -0.483 e. The maximum atomic E-state index is 14.8. The fraction of sp³-hybridized carbons (Fsp3) is 0.318. The number of nitrogens with zero attached hydrogens (tertiary/aromatic N) is 2. The Bertz CT molecular complexity index is 1030. The summed E-state index contributed by atoms with van der Waals surface area (Å²) in [5.74, 6) is -1.20. The summed E-state index contributed by atoms with van der Waals surface area (Å²) >= 11 is 6.31. The summed E-state index contributed by atoms with van der Waals surface area (Å²) in [7, 11) is 0. The summed E-state index contributed by atoms with van der Waals surface area (Å²) in [6, 6.07) is 10.4. The highest BCUT2D eigenvalue weighted by atomic mass is 35.5. The molecule has 2 aliphatic heterocycles. The Hall–Kier alpha value is -2.73. The number of carbonyl (C=O) groups excluding carboxylic acids is 2. The molecule has 5 nitrogen and oxygen atoms in total. The smallest absolute Gasteiger partial charge is 0.295 e. The lowest BCUT2D eigenvalue weighted by Crippen LogP contribution is -2.42. The van der Waals surface area contributed by atoms with E-state index < -0.39 is 23.7 Å². The third kappa shape index (κ3) is 2.85. The number of hydrogen-bond donors (Lipinski definition) is 0. The second-order valence-corrected chi connectivity index (χ2v) is 8.18. The van der Waals surface area contributed by atoms with E-state index in [1.54, 1.807) is 42.6 Å². The molecule has 148 valence electrons. The van der Waals surface area contributed by atoms with Gasteiger partial charge < -0.3 is 4.74 Å². The van der Waals surface area contributed by atoms with E-state index in [1.807, 2.05) is 0 Å². The van der Waals surface area contributed by atoms with Gasteiger partial charge in [0.05, 0.1) is 17.5 Å². The number of hydrogen-bond acceptors (Lipinski definition) is 4. The number of ether oxygens (including phenoxy) is 1. The van der Waals surface area contributed by atoms with E-state index in [0.717, 1.165) is 6.42 Å². The highest BCUT2D eigenvalue weighted by Gasteiger charge is 2.53. The van der Waals surface area contributed by atoms with Crippen molar-refractivity contribution >= 4 is 29.1 Å². The van der Waals surface area contributed by atoms with E-state index >= 15 is 0 Å². The van der Waals surface area contributed by atoms with E-state index in [1.165, 1.54) is 11.0 Å². The zero-order chi connectivity index (χ0) is 20.1. The van der Waals surface area contributed by atoms with Gasteiger partial charge in [-0.2, -0.15) is 0 Å². The van der Waals surface area contributed by atoms with Crippen LogP contribution in [0.3, 0.4) is 0 Å². The predicted molar refractivity (Wildman–Crippen MR) is 105 cm³/mol. The van der Waals surface area contributed by atoms with Crippen LogP contribution in [0.25, 0.3) is 0 Å². The summed E-state index contributed by atoms with van der Waals surface area (Å²) in [6.07, 6.45) is 3.02. The molecule has 1 aliphatic carbocycles. The van der Waals surface area contributed by atoms with E-state index in [9.17, 15) is 14.0 Å². The zero-order valence-corrected chi connectivity index (χ0v) is 16.2. The van der Waals surface area contributed by atoms with Crippen LogP contribution in [0.2, 0.25) is 0 Å². The van der Waals surface area contributed by atoms with E-state index in [-0.39, 0.29) is 34.2 Å². The van der Waals surface area contributed by atoms with Crippen molar-refractivity contribution in [3.05, 3.63) is 71.4 Å². The molecule has 1 aromatic heterocycles. The molecule has 7 heteroatoms. The minimum atomic E-state index is -0.919. The number of alkyl halides is 1. The monoisotopic (exact) mass is 412 g/mol. The van der Waals surface area contributed by atoms with Crippen molar-refractivity contribution in [2.45, 2.75) is 36.8 Å². The number of amides is 1. The third-order valence-electron chi connectivity index (χ3n) is 5.88. The largest absolute Gasteiger partial charge is 0.483 e. The lowest BCUT2D eigenvalue weighted by atomic mass is 9.77. The molecule has 0 bridgehead atoms. The normalized spacial score (nSPS) is 28.8. The predicted octanol–water partition coefficient (Wildman–Crippen LogP) is 3.94. The molecular weight excluding hydrogens is 395 g/mol. The first-order valence-electron chi connectivity index (χ1n) is 9.64. The highest BCUT2D eigenvalue weighted by Crippen LogP contribution is 2.48. The van der Waals surface area contributed by atoms with Crippen LogP contribution in [0.4, 0.5) is 10.2 Å². The number of rotatable bonds is 2. The maximum absolute atomic E-state index is 14.8. The molecule has 0 N–H and O–H groups in total. The van der Waals surface area contributed by atoms with Gasteiger partial charge in [0.25, 0.3) is 5.91 Å². The Morgan fingerprint density at radius 2 is 1.90 bits per heavy atom. The topological polar surface area (TPSA) is 59.5 Å². The van der Waals surface area contributed by atoms with Crippen LogP contribution < -0.4 is 4.90 Å². The fourth-order valence-corrected chi connectivity index (χ4v) is 4.86. The molecular formula is C22H18ClFN2O3. The number of Topliss-reactive ketones (excluding diaryl/α,β-unsaturated/α-hetero) is 1. The first-order valence-corrected chi connectivity index (χ1v) is 10.1. The van der Waals surface area contributed by atoms with Crippen LogP contribution >= 0.6 is 11.6 Å². The number of fused-ring (bicyclic) bond motifs is 1. The SMILES string of the molecule is O=C1C2=C(OC3CCC(Cl)CC13)C(=O)N(c1ccccn1)C2c1ccccc1F. The van der Waals surface area contributed by atoms with Gasteiger partial charge in [0.15, 0.2) is 11.5 Å². The van der Waals surface area contributed by atoms with Crippen molar-refractivity contribution < 1.29 is 18.7 Å². The molecule has 2 aromatic rings. The van der Waals surface area contributed by atoms with Gasteiger partial charge in [-0.05, 0) is 37.5 Å². The Labute approximate surface area is 172 Å². The van der Waals surface area contributed by atoms with E-state index in [4.69, 9.17) is 16.3 Å². The molecule has 29 heavy (non-hydrogen) atoms. The van der Waals surface area contributed by atoms with Crippen molar-refractivity contribution in [2.75, 3.05) is 4.90 Å². The Kier molecular flexibility index (Phi) is 4.39. The molecule has 3 aliphatic rings. The number of carbonyl (C=O) groups is 2. The van der Waals surface area contributed by atoms with Crippen molar-refractivity contribution in [3.63, 3.8) is 0 Å². The van der Waals surface area contributed by atoms with Crippen molar-refractivity contribution in [2.24, 2.45) is 5.92 Å². The summed E-state index contributed by atoms with van der Waals surface area (Å²) in [5, 5.41) is -0.109. The second-order valence-electron chi connectivity index (χ2n) is 7.57. The summed E-state index contributed by atoms with van der Waals surface area (Å²) in [4.78, 5) is 32.4. The Balaban J connectivity index is 1.67. The molecule has 5 rings (SSSR count). The molecule has 0 spiro atoms. The van der Waals surface area contributed by atoms with E-state index in [2.05, 4.69) is 4.98 Å². The minimum absolute atomic E-state index is 0.0168. The molecule has 4 atom stereocenters. The molecule has 0 radical (unpaired) electrons. The van der Waals surface area contributed by atoms with E-state index in [0.29, 0.717) is 18.7 Å². The number of anilines is 1. The standard InChI is InChI=1S/C22H18ClFN2O3/c23-12-8-9-16-14(11-12)20(27)18-19(13-5-1-2-6-15(13)24)26(22(28)21(18)29-16)17-7-3-4-10-25-17/h1-7,10,12,14,16,19H,8-9,11H2. The molecule has 4 unspecified atom stereocenters. The van der Waals surface area contributed by atoms with Crippen LogP contribution in [0.15, 0.2) is 60.0 Å². The van der Waals surface area contributed by atoms with Crippen LogP contribution in [0.1, 0.15) is 30.9 Å². The van der Waals surface area contributed by atoms with Crippen molar-refractivity contribution in [3.8, 4) is 0 Å². The van der Waals surface area contributed by atoms with Crippen LogP contribution in [-0.4, -0.2) is 28.2 Å². The van der Waals surface area contributed by atoms with Gasteiger partial charge in [-0.25, -0.2) is 9.37 Å². The maximum Gasteiger partial charge on any atom is 0.295 e. The fourth-order valence-electron chi connectivity index (χ4n) is 4.54. The highest BCUT2D eigenvalue weighted by molar-refractivity contribution is 6.21. The molecule has 3 heterocycles. The summed E-state index contributed by atoms with van der Waals surface area (Å²) in [6.45, 7) is 0. The lowest BCUT2D eigenvalue weighted by molar-refractivity contribution is -0.131. The lowest BCUT2D eigenvalue weighted by Gasteiger charge is -2.37. The average molecular weight is 413 g/mol. The van der Waals surface area contributed by atoms with Gasteiger partial charge in [0, 0.05) is 17.1 Å². The first-order chi connectivity index (χ1) is 14.1. The summed E-state index contributed by atoms with van der Waals surface area (Å²) < 4.78 is 20.8. The number of aromatic nitrogens is 1. The third-order valence-corrected chi connectivity index (χ3v) is 6.28. The van der Waals surface area contributed by atoms with Crippen LogP contribution in [-0.2, 0) is 14.3 Å². The average Bonchev–Trinajstić information content (AvgIpc) is 3.02. The van der Waals surface area contributed by atoms with Gasteiger partial charge >= 0.3 is 0 Å². The molecule has 1 saturated carbocycles. The zero-order valence-electron chi connectivity index (χ0n) is 15.4. The van der Waals surface area contributed by atoms with Crippen LogP contribution in [0.5, 0.6) is 0 Å². The number of halogens is 2. The van der Waals surface area contributed by atoms with Gasteiger partial charge in [-0.1, -0.05) is 24.3 Å². The van der Waals surface area contributed by atoms with Gasteiger partial charge in [-0.3, -0.25) is 14.5 Å². The molecule has 0 saturated heterocycles. The quantitative estimate of drug-likeness (QED) is 0.701. The molecule has 1 amide bonds. The second kappa shape index (κ2) is 6.95. The number of ketones is 1. The Morgan fingerprint density at radius 3 is 2.66 bits per heavy atom. The van der Waals surface area contributed by atoms with Gasteiger partial charge in [0.2, 0.25) is 0 Å². The van der Waals surface area contributed by atoms with Crippen molar-refractivity contribution in [1.29, 1.82) is 0 Å².